The monoisotopic (exact) mass is 255 g/mol. The predicted octanol–water partition coefficient (Wildman–Crippen LogP) is 3.84. The molecule has 0 spiro atoms. The van der Waals surface area contributed by atoms with Crippen molar-refractivity contribution in [3.05, 3.63) is 6.04 Å². The largest absolute Gasteiger partial charge is 0.314 e. The van der Waals surface area contributed by atoms with Crippen LogP contribution in [0.3, 0.4) is 0 Å². The minimum Gasteiger partial charge on any atom is -0.314 e. The van der Waals surface area contributed by atoms with Crippen molar-refractivity contribution in [1.29, 1.82) is 0 Å². The maximum Gasteiger partial charge on any atom is 0.0500 e. The molecule has 0 aliphatic rings. The van der Waals surface area contributed by atoms with E-state index in [1.165, 1.54) is 12.5 Å². The lowest BCUT2D eigenvalue weighted by molar-refractivity contribution is 0.324. The van der Waals surface area contributed by atoms with Crippen molar-refractivity contribution in [3.8, 4) is 0 Å². The van der Waals surface area contributed by atoms with E-state index in [1.807, 2.05) is 0 Å². The summed E-state index contributed by atoms with van der Waals surface area (Å²) in [5, 5.41) is 7.19. The minimum absolute atomic E-state index is 0.407. The lowest BCUT2D eigenvalue weighted by Crippen LogP contribution is -2.38. The van der Waals surface area contributed by atoms with Crippen molar-refractivity contribution >= 4 is 0 Å². The summed E-state index contributed by atoms with van der Waals surface area (Å²) in [5.41, 5.74) is 0.407. The molecule has 0 saturated heterocycles. The first-order valence-corrected chi connectivity index (χ1v) is 7.61. The second kappa shape index (κ2) is 8.92. The summed E-state index contributed by atoms with van der Waals surface area (Å²) in [6.07, 6.45) is 2.34. The number of rotatable bonds is 10. The first kappa shape index (κ1) is 17.9. The molecule has 1 radical (unpaired) electrons. The second-order valence-corrected chi connectivity index (χ2v) is 6.68. The van der Waals surface area contributed by atoms with Crippen LogP contribution in [0.2, 0.25) is 0 Å². The lowest BCUT2D eigenvalue weighted by atomic mass is 9.90. The molecular formula is C16H35N2. The molecule has 0 saturated carbocycles. The Labute approximate surface area is 115 Å². The zero-order chi connectivity index (χ0) is 14.2. The third-order valence-corrected chi connectivity index (χ3v) is 4.14. The average molecular weight is 255 g/mol. The highest BCUT2D eigenvalue weighted by molar-refractivity contribution is 4.89. The Morgan fingerprint density at radius 3 is 2.17 bits per heavy atom. The lowest BCUT2D eigenvalue weighted by Gasteiger charge is -2.26. The molecule has 0 aromatic carbocycles. The Hall–Kier alpha value is -0.0800. The molecule has 0 fully saturated rings. The first-order chi connectivity index (χ1) is 8.32. The Morgan fingerprint density at radius 2 is 1.72 bits per heavy atom. The van der Waals surface area contributed by atoms with Gasteiger partial charge >= 0.3 is 0 Å². The van der Waals surface area contributed by atoms with Crippen molar-refractivity contribution in [2.24, 2.45) is 17.3 Å². The van der Waals surface area contributed by atoms with Gasteiger partial charge in [0.1, 0.15) is 0 Å². The maximum absolute atomic E-state index is 3.61. The molecule has 0 bridgehead atoms. The summed E-state index contributed by atoms with van der Waals surface area (Å²) in [4.78, 5) is 0. The maximum atomic E-state index is 3.61. The molecular weight excluding hydrogens is 220 g/mol. The SMILES string of the molecule is CC[C](CNCC(C)(C)CC)NCC(C)C(C)C. The van der Waals surface area contributed by atoms with Gasteiger partial charge in [-0.05, 0) is 36.6 Å². The Bertz CT molecular complexity index is 199. The fraction of sp³-hybridized carbons (Fsp3) is 0.938. The van der Waals surface area contributed by atoms with Crippen molar-refractivity contribution in [2.75, 3.05) is 19.6 Å². The molecule has 109 valence electrons. The minimum atomic E-state index is 0.407. The van der Waals surface area contributed by atoms with Gasteiger partial charge in [-0.25, -0.2) is 0 Å². The molecule has 18 heavy (non-hydrogen) atoms. The molecule has 1 unspecified atom stereocenters. The van der Waals surface area contributed by atoms with Gasteiger partial charge in [0.05, 0.1) is 0 Å². The summed E-state index contributed by atoms with van der Waals surface area (Å²) in [5.74, 6) is 1.49. The van der Waals surface area contributed by atoms with Crippen LogP contribution in [0, 0.1) is 23.3 Å². The van der Waals surface area contributed by atoms with Crippen LogP contribution in [0.4, 0.5) is 0 Å². The third kappa shape index (κ3) is 8.10. The highest BCUT2D eigenvalue weighted by atomic mass is 15.0. The van der Waals surface area contributed by atoms with E-state index >= 15 is 0 Å². The molecule has 0 heterocycles. The van der Waals surface area contributed by atoms with Gasteiger partial charge in [-0.2, -0.15) is 0 Å². The zero-order valence-corrected chi connectivity index (χ0v) is 13.7. The van der Waals surface area contributed by atoms with E-state index in [0.29, 0.717) is 5.41 Å². The van der Waals surface area contributed by atoms with Crippen molar-refractivity contribution in [2.45, 2.75) is 61.3 Å². The van der Waals surface area contributed by atoms with Crippen molar-refractivity contribution < 1.29 is 0 Å². The van der Waals surface area contributed by atoms with Crippen LogP contribution in [0.25, 0.3) is 0 Å². The van der Waals surface area contributed by atoms with Crippen LogP contribution in [0.5, 0.6) is 0 Å². The van der Waals surface area contributed by atoms with E-state index in [9.17, 15) is 0 Å². The smallest absolute Gasteiger partial charge is 0.0500 e. The van der Waals surface area contributed by atoms with Crippen LogP contribution in [0.1, 0.15) is 61.3 Å². The fourth-order valence-electron chi connectivity index (χ4n) is 1.53. The van der Waals surface area contributed by atoms with E-state index < -0.39 is 0 Å². The molecule has 0 aliphatic carbocycles. The van der Waals surface area contributed by atoms with Crippen LogP contribution in [0.15, 0.2) is 0 Å². The number of hydrogen-bond donors (Lipinski definition) is 2. The normalized spacial score (nSPS) is 14.5. The Morgan fingerprint density at radius 1 is 1.11 bits per heavy atom. The van der Waals surface area contributed by atoms with E-state index in [0.717, 1.165) is 37.9 Å². The molecule has 0 aliphatic heterocycles. The molecule has 0 rings (SSSR count). The highest BCUT2D eigenvalue weighted by Crippen LogP contribution is 2.18. The van der Waals surface area contributed by atoms with Crippen LogP contribution in [-0.2, 0) is 0 Å². The van der Waals surface area contributed by atoms with Crippen molar-refractivity contribution in [3.63, 3.8) is 0 Å². The Balaban J connectivity index is 3.84. The zero-order valence-electron chi connectivity index (χ0n) is 13.7. The number of nitrogens with one attached hydrogen (secondary N) is 2. The molecule has 0 aromatic rings. The van der Waals surface area contributed by atoms with Crippen molar-refractivity contribution in [1.82, 2.24) is 10.6 Å². The van der Waals surface area contributed by atoms with E-state index in [1.54, 1.807) is 0 Å². The number of hydrogen-bond acceptors (Lipinski definition) is 2. The summed E-state index contributed by atoms with van der Waals surface area (Å²) >= 11 is 0. The fourth-order valence-corrected chi connectivity index (χ4v) is 1.53. The van der Waals surface area contributed by atoms with Gasteiger partial charge in [0.2, 0.25) is 0 Å². The summed E-state index contributed by atoms with van der Waals surface area (Å²) < 4.78 is 0. The average Bonchev–Trinajstić information content (AvgIpc) is 2.32. The second-order valence-electron chi connectivity index (χ2n) is 6.68. The van der Waals surface area contributed by atoms with Crippen LogP contribution in [-0.4, -0.2) is 19.6 Å². The third-order valence-electron chi connectivity index (χ3n) is 4.14. The van der Waals surface area contributed by atoms with Crippen LogP contribution < -0.4 is 10.6 Å². The predicted molar refractivity (Wildman–Crippen MR) is 82.5 cm³/mol. The summed E-state index contributed by atoms with van der Waals surface area (Å²) in [6, 6.07) is 1.44. The van der Waals surface area contributed by atoms with E-state index in [4.69, 9.17) is 0 Å². The molecule has 0 amide bonds. The van der Waals surface area contributed by atoms with E-state index in [-0.39, 0.29) is 0 Å². The quantitative estimate of drug-likeness (QED) is 0.620. The van der Waals surface area contributed by atoms with E-state index in [2.05, 4.69) is 59.1 Å². The van der Waals surface area contributed by atoms with Crippen LogP contribution >= 0.6 is 0 Å². The topological polar surface area (TPSA) is 24.1 Å². The van der Waals surface area contributed by atoms with Gasteiger partial charge < -0.3 is 10.6 Å². The standard InChI is InChI=1S/C16H35N2/c1-8-15(18-10-14(5)13(3)4)11-17-12-16(6,7)9-2/h13-14,17-18H,8-12H2,1-7H3. The van der Waals surface area contributed by atoms with Gasteiger partial charge in [0, 0.05) is 19.1 Å². The first-order valence-electron chi connectivity index (χ1n) is 7.61. The van der Waals surface area contributed by atoms with Gasteiger partial charge in [0.25, 0.3) is 0 Å². The molecule has 1 atom stereocenters. The van der Waals surface area contributed by atoms with Gasteiger partial charge in [-0.1, -0.05) is 48.5 Å². The highest BCUT2D eigenvalue weighted by Gasteiger charge is 2.16. The van der Waals surface area contributed by atoms with Gasteiger partial charge in [-0.3, -0.25) is 0 Å². The molecule has 2 heteroatoms. The molecule has 0 aromatic heterocycles. The van der Waals surface area contributed by atoms with Gasteiger partial charge in [-0.15, -0.1) is 0 Å². The molecule has 2 nitrogen and oxygen atoms in total. The van der Waals surface area contributed by atoms with Gasteiger partial charge in [0.15, 0.2) is 0 Å². The summed E-state index contributed by atoms with van der Waals surface area (Å²) in [7, 11) is 0. The Kier molecular flexibility index (Phi) is 8.89. The molecule has 2 N–H and O–H groups in total. The summed E-state index contributed by atoms with van der Waals surface area (Å²) in [6.45, 7) is 19.2.